The molecule has 122 valence electrons. The van der Waals surface area contributed by atoms with E-state index in [0.717, 1.165) is 12.3 Å². The van der Waals surface area contributed by atoms with E-state index in [1.165, 1.54) is 24.5 Å². The van der Waals surface area contributed by atoms with E-state index in [-0.39, 0.29) is 12.2 Å². The average Bonchev–Trinajstić information content (AvgIpc) is 3.05. The molecule has 1 fully saturated rings. The van der Waals surface area contributed by atoms with Crippen molar-refractivity contribution >= 4 is 29.7 Å². The zero-order valence-corrected chi connectivity index (χ0v) is 12.3. The molecule has 0 unspecified atom stereocenters. The largest absolute Gasteiger partial charge is 0.467 e. The third kappa shape index (κ3) is 2.94. The summed E-state index contributed by atoms with van der Waals surface area (Å²) >= 11 is 0. The first-order chi connectivity index (χ1) is 11.6. The van der Waals surface area contributed by atoms with Gasteiger partial charge in [-0.25, -0.2) is 14.1 Å². The summed E-state index contributed by atoms with van der Waals surface area (Å²) in [5.74, 6) is -3.19. The number of hydrogen-bond acceptors (Lipinski definition) is 5. The summed E-state index contributed by atoms with van der Waals surface area (Å²) in [4.78, 5) is 40.8. The quantitative estimate of drug-likeness (QED) is 0.685. The number of para-hydroxylation sites is 1. The van der Waals surface area contributed by atoms with Crippen molar-refractivity contribution in [2.24, 2.45) is 10.9 Å². The summed E-state index contributed by atoms with van der Waals surface area (Å²) in [5.41, 5.74) is -0.225. The molecule has 4 amide bonds. The summed E-state index contributed by atoms with van der Waals surface area (Å²) < 4.78 is 19.0. The molecule has 0 saturated carbocycles. The third-order valence-corrected chi connectivity index (χ3v) is 3.38. The Kier molecular flexibility index (Phi) is 4.19. The molecule has 3 rings (SSSR count). The molecule has 1 atom stereocenters. The van der Waals surface area contributed by atoms with Gasteiger partial charge in [-0.15, -0.1) is 0 Å². The zero-order chi connectivity index (χ0) is 17.1. The number of benzene rings is 1. The van der Waals surface area contributed by atoms with Gasteiger partial charge in [-0.1, -0.05) is 12.1 Å². The number of urea groups is 1. The van der Waals surface area contributed by atoms with Crippen molar-refractivity contribution in [3.63, 3.8) is 0 Å². The van der Waals surface area contributed by atoms with Gasteiger partial charge in [0.2, 0.25) is 5.91 Å². The number of furan rings is 1. The van der Waals surface area contributed by atoms with Gasteiger partial charge in [0.15, 0.2) is 5.92 Å². The van der Waals surface area contributed by atoms with Crippen molar-refractivity contribution in [1.82, 2.24) is 5.32 Å². The molecule has 1 aliphatic heterocycles. The lowest BCUT2D eigenvalue weighted by Gasteiger charge is -2.28. The third-order valence-electron chi connectivity index (χ3n) is 3.38. The van der Waals surface area contributed by atoms with Crippen LogP contribution in [-0.4, -0.2) is 24.1 Å². The van der Waals surface area contributed by atoms with Crippen LogP contribution in [0.5, 0.6) is 0 Å². The Morgan fingerprint density at radius 1 is 1.21 bits per heavy atom. The van der Waals surface area contributed by atoms with Gasteiger partial charge < -0.3 is 4.42 Å². The van der Waals surface area contributed by atoms with E-state index in [1.807, 2.05) is 5.32 Å². The number of carbonyl (C=O) groups is 3. The molecular weight excluding hydrogens is 317 g/mol. The van der Waals surface area contributed by atoms with Crippen molar-refractivity contribution in [3.05, 3.63) is 54.2 Å². The van der Waals surface area contributed by atoms with Crippen LogP contribution in [0.4, 0.5) is 14.9 Å². The fourth-order valence-corrected chi connectivity index (χ4v) is 2.23. The number of hydrogen-bond donors (Lipinski definition) is 1. The molecule has 2 heterocycles. The zero-order valence-electron chi connectivity index (χ0n) is 12.3. The van der Waals surface area contributed by atoms with Crippen molar-refractivity contribution in [3.8, 4) is 0 Å². The Bertz CT molecular complexity index is 816. The molecule has 8 heteroatoms. The second-order valence-electron chi connectivity index (χ2n) is 4.97. The number of rotatable bonds is 4. The summed E-state index contributed by atoms with van der Waals surface area (Å²) in [6, 6.07) is 7.68. The van der Waals surface area contributed by atoms with Crippen LogP contribution >= 0.6 is 0 Å². The molecule has 1 N–H and O–H groups in total. The Morgan fingerprint density at radius 3 is 2.71 bits per heavy atom. The van der Waals surface area contributed by atoms with Gasteiger partial charge in [0, 0.05) is 6.21 Å². The number of aliphatic imine (C=N–C) groups is 1. The molecule has 1 aromatic heterocycles. The smallest absolute Gasteiger partial charge is 0.335 e. The van der Waals surface area contributed by atoms with E-state index in [4.69, 9.17) is 4.42 Å². The van der Waals surface area contributed by atoms with Crippen LogP contribution < -0.4 is 10.2 Å². The Balaban J connectivity index is 1.83. The maximum atomic E-state index is 13.9. The monoisotopic (exact) mass is 329 g/mol. The van der Waals surface area contributed by atoms with Gasteiger partial charge in [-0.3, -0.25) is 19.9 Å². The van der Waals surface area contributed by atoms with Crippen LogP contribution in [0.15, 0.2) is 52.1 Å². The highest BCUT2D eigenvalue weighted by molar-refractivity contribution is 6.32. The lowest BCUT2D eigenvalue weighted by atomic mass is 10.1. The van der Waals surface area contributed by atoms with Gasteiger partial charge in [-0.2, -0.15) is 0 Å². The van der Waals surface area contributed by atoms with Gasteiger partial charge in [-0.05, 0) is 24.3 Å². The molecule has 0 bridgehead atoms. The van der Waals surface area contributed by atoms with E-state index < -0.39 is 29.6 Å². The summed E-state index contributed by atoms with van der Waals surface area (Å²) in [6.07, 6.45) is 2.60. The predicted molar refractivity (Wildman–Crippen MR) is 81.8 cm³/mol. The molecule has 24 heavy (non-hydrogen) atoms. The number of halogens is 1. The fourth-order valence-electron chi connectivity index (χ4n) is 2.23. The van der Waals surface area contributed by atoms with Crippen LogP contribution in [0.2, 0.25) is 0 Å². The first-order valence-corrected chi connectivity index (χ1v) is 7.03. The van der Waals surface area contributed by atoms with Gasteiger partial charge >= 0.3 is 6.03 Å². The lowest BCUT2D eigenvalue weighted by Crippen LogP contribution is -2.58. The maximum Gasteiger partial charge on any atom is 0.335 e. The number of nitrogens with one attached hydrogen (secondary N) is 1. The molecule has 0 radical (unpaired) electrons. The van der Waals surface area contributed by atoms with Gasteiger partial charge in [0.05, 0.1) is 18.5 Å². The van der Waals surface area contributed by atoms with E-state index in [2.05, 4.69) is 4.99 Å². The number of nitrogens with zero attached hydrogens (tertiary/aromatic N) is 2. The Hall–Kier alpha value is -3.29. The number of carbonyl (C=O) groups excluding carboxylic acids is 3. The van der Waals surface area contributed by atoms with Crippen molar-refractivity contribution in [2.45, 2.75) is 6.54 Å². The van der Waals surface area contributed by atoms with Gasteiger partial charge in [0.25, 0.3) is 5.91 Å². The molecule has 2 aromatic rings. The minimum Gasteiger partial charge on any atom is -0.467 e. The van der Waals surface area contributed by atoms with Crippen molar-refractivity contribution in [2.75, 3.05) is 4.90 Å². The minimum absolute atomic E-state index is 0.137. The normalized spacial score (nSPS) is 18.3. The first kappa shape index (κ1) is 15.6. The van der Waals surface area contributed by atoms with E-state index in [9.17, 15) is 18.8 Å². The molecule has 1 saturated heterocycles. The highest BCUT2D eigenvalue weighted by Crippen LogP contribution is 2.23. The minimum atomic E-state index is -1.32. The number of imide groups is 2. The average molecular weight is 329 g/mol. The number of barbiturate groups is 1. The lowest BCUT2D eigenvalue weighted by molar-refractivity contribution is -0.131. The van der Waals surface area contributed by atoms with E-state index >= 15 is 0 Å². The summed E-state index contributed by atoms with van der Waals surface area (Å²) in [6.45, 7) is 0.137. The SMILES string of the molecule is O=C1NC(=O)N(c2ccccc2F)C(=O)[C@H]1C=NCc1ccco1. The predicted octanol–water partition coefficient (Wildman–Crippen LogP) is 1.89. The van der Waals surface area contributed by atoms with Crippen LogP contribution in [0.1, 0.15) is 5.76 Å². The highest BCUT2D eigenvalue weighted by atomic mass is 19.1. The topological polar surface area (TPSA) is 92.0 Å². The van der Waals surface area contributed by atoms with Crippen molar-refractivity contribution < 1.29 is 23.2 Å². The Labute approximate surface area is 135 Å². The van der Waals surface area contributed by atoms with Crippen LogP contribution in [0, 0.1) is 11.7 Å². The summed E-state index contributed by atoms with van der Waals surface area (Å²) in [7, 11) is 0. The molecule has 1 aromatic carbocycles. The molecule has 1 aliphatic rings. The second kappa shape index (κ2) is 6.45. The molecule has 0 spiro atoms. The standard InChI is InChI=1S/C16H12FN3O4/c17-12-5-1-2-6-13(12)20-15(22)11(14(21)19-16(20)23)9-18-8-10-4-3-7-24-10/h1-7,9,11H,8H2,(H,19,21,23)/t11-/m0/s1. The van der Waals surface area contributed by atoms with Gasteiger partial charge in [0.1, 0.15) is 11.6 Å². The number of anilines is 1. The fraction of sp³-hybridized carbons (Fsp3) is 0.125. The highest BCUT2D eigenvalue weighted by Gasteiger charge is 2.41. The van der Waals surface area contributed by atoms with Crippen LogP contribution in [-0.2, 0) is 16.1 Å². The molecule has 7 nitrogen and oxygen atoms in total. The number of amides is 4. The maximum absolute atomic E-state index is 13.9. The molecular formula is C16H12FN3O4. The van der Waals surface area contributed by atoms with Crippen molar-refractivity contribution in [1.29, 1.82) is 0 Å². The van der Waals surface area contributed by atoms with E-state index in [1.54, 1.807) is 12.1 Å². The van der Waals surface area contributed by atoms with E-state index in [0.29, 0.717) is 10.7 Å². The van der Waals surface area contributed by atoms with Crippen LogP contribution in [0.25, 0.3) is 0 Å². The Morgan fingerprint density at radius 2 is 2.00 bits per heavy atom. The second-order valence-corrected chi connectivity index (χ2v) is 4.97. The molecule has 0 aliphatic carbocycles. The first-order valence-electron chi connectivity index (χ1n) is 7.03. The summed E-state index contributed by atoms with van der Waals surface area (Å²) in [5, 5.41) is 2.03. The van der Waals surface area contributed by atoms with Crippen LogP contribution in [0.3, 0.4) is 0 Å².